The molecular formula is C18H20ClNO3S. The average molecular weight is 366 g/mol. The lowest BCUT2D eigenvalue weighted by Gasteiger charge is -2.27. The maximum atomic E-state index is 12.9. The Morgan fingerprint density at radius 2 is 1.96 bits per heavy atom. The van der Waals surface area contributed by atoms with Crippen molar-refractivity contribution in [2.75, 3.05) is 5.73 Å². The molecule has 0 aliphatic heterocycles. The molecule has 1 atom stereocenters. The monoisotopic (exact) mass is 365 g/mol. The van der Waals surface area contributed by atoms with Gasteiger partial charge in [-0.2, -0.15) is 0 Å². The van der Waals surface area contributed by atoms with Crippen molar-refractivity contribution >= 4 is 27.1 Å². The molecule has 1 aliphatic carbocycles. The number of aliphatic hydroxyl groups excluding tert-OH is 1. The molecule has 0 amide bonds. The summed E-state index contributed by atoms with van der Waals surface area (Å²) >= 11 is 5.85. The Morgan fingerprint density at radius 1 is 1.29 bits per heavy atom. The molecule has 6 heteroatoms. The highest BCUT2D eigenvalue weighted by molar-refractivity contribution is 7.92. The summed E-state index contributed by atoms with van der Waals surface area (Å²) in [6.07, 6.45) is 1.58. The third-order valence-electron chi connectivity index (χ3n) is 4.87. The smallest absolute Gasteiger partial charge is 0.181 e. The molecule has 3 rings (SSSR count). The molecule has 2 aromatic rings. The summed E-state index contributed by atoms with van der Waals surface area (Å²) in [4.78, 5) is 0.294. The predicted octanol–water partition coefficient (Wildman–Crippen LogP) is 3.05. The van der Waals surface area contributed by atoms with Gasteiger partial charge in [0.15, 0.2) is 9.84 Å². The zero-order valence-electron chi connectivity index (χ0n) is 13.4. The van der Waals surface area contributed by atoms with E-state index in [0.717, 1.165) is 22.3 Å². The van der Waals surface area contributed by atoms with Gasteiger partial charge in [0.25, 0.3) is 0 Å². The number of hydrogen-bond acceptors (Lipinski definition) is 4. The van der Waals surface area contributed by atoms with Crippen LogP contribution in [0.25, 0.3) is 0 Å². The first-order valence-corrected chi connectivity index (χ1v) is 9.77. The van der Waals surface area contributed by atoms with Gasteiger partial charge >= 0.3 is 0 Å². The molecule has 0 radical (unpaired) electrons. The Kier molecular flexibility index (Phi) is 4.60. The molecule has 0 fully saturated rings. The summed E-state index contributed by atoms with van der Waals surface area (Å²) in [5.74, 6) is 0. The minimum absolute atomic E-state index is 0.0756. The Labute approximate surface area is 147 Å². The van der Waals surface area contributed by atoms with Crippen LogP contribution >= 0.6 is 11.6 Å². The highest BCUT2D eigenvalue weighted by atomic mass is 35.5. The molecule has 24 heavy (non-hydrogen) atoms. The quantitative estimate of drug-likeness (QED) is 0.819. The molecule has 1 aliphatic rings. The molecule has 128 valence electrons. The normalized spacial score (nSPS) is 17.5. The van der Waals surface area contributed by atoms with Crippen LogP contribution in [-0.2, 0) is 29.3 Å². The van der Waals surface area contributed by atoms with E-state index in [1.165, 1.54) is 0 Å². The summed E-state index contributed by atoms with van der Waals surface area (Å²) in [7, 11) is -3.43. The zero-order valence-corrected chi connectivity index (χ0v) is 15.0. The van der Waals surface area contributed by atoms with Crippen LogP contribution in [0.4, 0.5) is 5.69 Å². The van der Waals surface area contributed by atoms with Crippen molar-refractivity contribution in [2.45, 2.75) is 42.9 Å². The van der Waals surface area contributed by atoms with Crippen molar-refractivity contribution in [1.29, 1.82) is 0 Å². The molecule has 0 heterocycles. The van der Waals surface area contributed by atoms with E-state index >= 15 is 0 Å². The first-order chi connectivity index (χ1) is 11.3. The van der Waals surface area contributed by atoms with E-state index in [-0.39, 0.29) is 6.61 Å². The Bertz CT molecular complexity index is 876. The van der Waals surface area contributed by atoms with Crippen LogP contribution in [0.15, 0.2) is 35.2 Å². The van der Waals surface area contributed by atoms with Gasteiger partial charge in [0.1, 0.15) is 0 Å². The zero-order chi connectivity index (χ0) is 17.5. The number of rotatable bonds is 3. The van der Waals surface area contributed by atoms with Crippen LogP contribution in [0.5, 0.6) is 0 Å². The van der Waals surface area contributed by atoms with Gasteiger partial charge in [-0.25, -0.2) is 8.42 Å². The number of halogens is 1. The number of hydrogen-bond donors (Lipinski definition) is 2. The molecule has 2 aromatic carbocycles. The topological polar surface area (TPSA) is 80.4 Å². The number of sulfone groups is 1. The molecule has 0 bridgehead atoms. The number of fused-ring (bicyclic) bond motifs is 1. The summed E-state index contributed by atoms with van der Waals surface area (Å²) in [5, 5.41) is 9.67. The van der Waals surface area contributed by atoms with Gasteiger partial charge in [-0.1, -0.05) is 11.6 Å². The van der Waals surface area contributed by atoms with Crippen LogP contribution < -0.4 is 5.73 Å². The van der Waals surface area contributed by atoms with Crippen LogP contribution in [0, 0.1) is 6.92 Å². The Balaban J connectivity index is 1.98. The van der Waals surface area contributed by atoms with Crippen LogP contribution in [0.1, 0.15) is 28.7 Å². The highest BCUT2D eigenvalue weighted by Crippen LogP contribution is 2.34. The van der Waals surface area contributed by atoms with E-state index in [1.54, 1.807) is 24.3 Å². The summed E-state index contributed by atoms with van der Waals surface area (Å²) < 4.78 is 25.8. The van der Waals surface area contributed by atoms with Gasteiger partial charge in [-0.15, -0.1) is 0 Å². The predicted molar refractivity (Wildman–Crippen MR) is 96.0 cm³/mol. The lowest BCUT2D eigenvalue weighted by molar-refractivity contribution is 0.279. The number of aliphatic hydroxyl groups is 1. The number of nitrogens with two attached hydrogens (primary N) is 1. The van der Waals surface area contributed by atoms with Gasteiger partial charge < -0.3 is 10.8 Å². The first kappa shape index (κ1) is 17.3. The van der Waals surface area contributed by atoms with E-state index < -0.39 is 15.1 Å². The van der Waals surface area contributed by atoms with E-state index in [0.29, 0.717) is 34.9 Å². The Hall–Kier alpha value is -1.56. The number of anilines is 1. The molecule has 0 saturated heterocycles. The Morgan fingerprint density at radius 3 is 2.58 bits per heavy atom. The van der Waals surface area contributed by atoms with Crippen molar-refractivity contribution in [3.05, 3.63) is 57.6 Å². The van der Waals surface area contributed by atoms with Gasteiger partial charge in [0.2, 0.25) is 0 Å². The molecule has 0 aromatic heterocycles. The summed E-state index contributed by atoms with van der Waals surface area (Å²) in [5.41, 5.74) is 10.3. The maximum absolute atomic E-state index is 12.9. The molecule has 0 saturated carbocycles. The number of benzene rings is 2. The fourth-order valence-corrected chi connectivity index (χ4v) is 5.27. The second-order valence-electron chi connectivity index (χ2n) is 6.23. The molecule has 4 nitrogen and oxygen atoms in total. The van der Waals surface area contributed by atoms with Gasteiger partial charge in [0, 0.05) is 10.7 Å². The molecular weight excluding hydrogens is 346 g/mol. The third kappa shape index (κ3) is 2.92. The SMILES string of the molecule is Cc1c(N)cc2c(c1CO)CCC(S(=O)(=O)c1ccc(Cl)cc1)C2. The summed E-state index contributed by atoms with van der Waals surface area (Å²) in [6.45, 7) is 1.81. The van der Waals surface area contributed by atoms with Crippen molar-refractivity contribution < 1.29 is 13.5 Å². The minimum Gasteiger partial charge on any atom is -0.398 e. The fourth-order valence-electron chi connectivity index (χ4n) is 3.42. The van der Waals surface area contributed by atoms with Crippen LogP contribution in [0.3, 0.4) is 0 Å². The lowest BCUT2D eigenvalue weighted by Crippen LogP contribution is -2.29. The highest BCUT2D eigenvalue weighted by Gasteiger charge is 2.32. The van der Waals surface area contributed by atoms with Crippen LogP contribution in [-0.4, -0.2) is 18.8 Å². The van der Waals surface area contributed by atoms with Crippen molar-refractivity contribution in [2.24, 2.45) is 0 Å². The molecule has 1 unspecified atom stereocenters. The van der Waals surface area contributed by atoms with Crippen molar-refractivity contribution in [3.8, 4) is 0 Å². The molecule has 0 spiro atoms. The van der Waals surface area contributed by atoms with Gasteiger partial charge in [-0.05, 0) is 78.8 Å². The van der Waals surface area contributed by atoms with Gasteiger partial charge in [0.05, 0.1) is 16.8 Å². The van der Waals surface area contributed by atoms with E-state index in [4.69, 9.17) is 17.3 Å². The third-order valence-corrected chi connectivity index (χ3v) is 7.33. The standard InChI is InChI=1S/C18H20ClNO3S/c1-11-17(10-21)16-7-6-15(8-12(16)9-18(11)20)24(22,23)14-4-2-13(19)3-5-14/h2-5,9,15,21H,6-8,10,20H2,1H3. The van der Waals surface area contributed by atoms with Crippen molar-refractivity contribution in [1.82, 2.24) is 0 Å². The van der Waals surface area contributed by atoms with E-state index in [9.17, 15) is 13.5 Å². The summed E-state index contributed by atoms with van der Waals surface area (Å²) in [6, 6.07) is 8.14. The average Bonchev–Trinajstić information content (AvgIpc) is 2.56. The van der Waals surface area contributed by atoms with E-state index in [2.05, 4.69) is 0 Å². The minimum atomic E-state index is -3.43. The maximum Gasteiger partial charge on any atom is 0.181 e. The number of nitrogen functional groups attached to an aromatic ring is 1. The van der Waals surface area contributed by atoms with Crippen molar-refractivity contribution in [3.63, 3.8) is 0 Å². The second-order valence-corrected chi connectivity index (χ2v) is 8.89. The largest absolute Gasteiger partial charge is 0.398 e. The lowest BCUT2D eigenvalue weighted by atomic mass is 9.85. The van der Waals surface area contributed by atoms with Gasteiger partial charge in [-0.3, -0.25) is 0 Å². The van der Waals surface area contributed by atoms with Crippen LogP contribution in [0.2, 0.25) is 5.02 Å². The van der Waals surface area contributed by atoms with E-state index in [1.807, 2.05) is 13.0 Å². The first-order valence-electron chi connectivity index (χ1n) is 7.84. The molecule has 3 N–H and O–H groups in total. The fraction of sp³-hybridized carbons (Fsp3) is 0.333. The second kappa shape index (κ2) is 6.39.